The van der Waals surface area contributed by atoms with Gasteiger partial charge in [-0.15, -0.1) is 11.3 Å². The lowest BCUT2D eigenvalue weighted by atomic mass is 9.96. The second kappa shape index (κ2) is 6.79. The number of likely N-dealkylation sites (tertiary alicyclic amines) is 1. The molecule has 3 heterocycles. The van der Waals surface area contributed by atoms with Crippen LogP contribution in [0, 0.1) is 5.92 Å². The number of hydrogen-bond donors (Lipinski definition) is 1. The molecule has 0 unspecified atom stereocenters. The molecule has 152 valence electrons. The number of carbonyl (C=O) groups is 3. The maximum absolute atomic E-state index is 12.9. The summed E-state index contributed by atoms with van der Waals surface area (Å²) >= 11 is 1.68. The highest BCUT2D eigenvalue weighted by Crippen LogP contribution is 2.42. The maximum atomic E-state index is 12.9. The predicted molar refractivity (Wildman–Crippen MR) is 110 cm³/mol. The zero-order chi connectivity index (χ0) is 20.2. The van der Waals surface area contributed by atoms with E-state index < -0.39 is 11.6 Å². The van der Waals surface area contributed by atoms with Gasteiger partial charge in [-0.3, -0.25) is 14.5 Å². The van der Waals surface area contributed by atoms with Crippen LogP contribution in [0.25, 0.3) is 10.2 Å². The van der Waals surface area contributed by atoms with Crippen LogP contribution in [-0.4, -0.2) is 57.8 Å². The first-order chi connectivity index (χ1) is 14.0. The molecule has 0 spiro atoms. The Labute approximate surface area is 173 Å². The molecule has 5 rings (SSSR count). The Morgan fingerprint density at radius 1 is 1.28 bits per heavy atom. The number of imide groups is 1. The molecule has 1 aliphatic carbocycles. The van der Waals surface area contributed by atoms with Crippen molar-refractivity contribution in [3.63, 3.8) is 0 Å². The Hall–Kier alpha value is -2.48. The van der Waals surface area contributed by atoms with Crippen molar-refractivity contribution in [3.8, 4) is 0 Å². The zero-order valence-corrected chi connectivity index (χ0v) is 17.2. The number of rotatable bonds is 4. The van der Waals surface area contributed by atoms with Crippen LogP contribution in [0.2, 0.25) is 0 Å². The molecule has 3 aliphatic rings. The van der Waals surface area contributed by atoms with Crippen molar-refractivity contribution in [1.29, 1.82) is 0 Å². The molecule has 1 N–H and O–H groups in total. The molecule has 2 atom stereocenters. The van der Waals surface area contributed by atoms with Crippen LogP contribution >= 0.6 is 11.3 Å². The number of hydrogen-bond acceptors (Lipinski definition) is 5. The van der Waals surface area contributed by atoms with E-state index in [1.807, 2.05) is 18.2 Å². The monoisotopic (exact) mass is 412 g/mol. The van der Waals surface area contributed by atoms with E-state index >= 15 is 0 Å². The van der Waals surface area contributed by atoms with Crippen molar-refractivity contribution in [1.82, 2.24) is 20.1 Å². The van der Waals surface area contributed by atoms with Crippen molar-refractivity contribution in [2.45, 2.75) is 44.1 Å². The average molecular weight is 413 g/mol. The molecular formula is C21H24N4O3S. The fourth-order valence-corrected chi connectivity index (χ4v) is 5.60. The molecule has 29 heavy (non-hydrogen) atoms. The van der Waals surface area contributed by atoms with Crippen LogP contribution in [0.15, 0.2) is 24.3 Å². The van der Waals surface area contributed by atoms with E-state index in [4.69, 9.17) is 4.98 Å². The predicted octanol–water partition coefficient (Wildman–Crippen LogP) is 2.72. The largest absolute Gasteiger partial charge is 0.340 e. The average Bonchev–Trinajstić information content (AvgIpc) is 3.46. The molecule has 3 fully saturated rings. The standard InChI is InChI=1S/C21H24N4O3S/c1-21(14-8-9-14)19(27)25(20(28)23-21)12-17(26)24-10-4-5-13(11-24)18-22-15-6-2-3-7-16(15)29-18/h2-3,6-7,13-14H,4-5,8-12H2,1H3,(H,23,28)/t13-,21-/m1/s1. The van der Waals surface area contributed by atoms with E-state index in [0.29, 0.717) is 13.1 Å². The molecule has 8 heteroatoms. The lowest BCUT2D eigenvalue weighted by Crippen LogP contribution is -2.48. The number of para-hydroxylation sites is 1. The Kier molecular flexibility index (Phi) is 4.34. The highest BCUT2D eigenvalue weighted by atomic mass is 32.1. The number of urea groups is 1. The molecule has 4 amide bonds. The number of fused-ring (bicyclic) bond motifs is 1. The van der Waals surface area contributed by atoms with Gasteiger partial charge >= 0.3 is 6.03 Å². The number of amides is 4. The fourth-order valence-electron chi connectivity index (χ4n) is 4.50. The second-order valence-corrected chi connectivity index (χ2v) is 9.56. The van der Waals surface area contributed by atoms with Gasteiger partial charge in [0.2, 0.25) is 5.91 Å². The lowest BCUT2D eigenvalue weighted by molar-refractivity contribution is -0.139. The maximum Gasteiger partial charge on any atom is 0.325 e. The fraction of sp³-hybridized carbons (Fsp3) is 0.524. The number of benzene rings is 1. The third-order valence-corrected chi connectivity index (χ3v) is 7.62. The van der Waals surface area contributed by atoms with Crippen LogP contribution < -0.4 is 5.32 Å². The van der Waals surface area contributed by atoms with Crippen LogP contribution in [0.3, 0.4) is 0 Å². The van der Waals surface area contributed by atoms with Gasteiger partial charge in [0.25, 0.3) is 5.91 Å². The minimum absolute atomic E-state index is 0.167. The Bertz CT molecular complexity index is 968. The Morgan fingerprint density at radius 2 is 2.07 bits per heavy atom. The van der Waals surface area contributed by atoms with Crippen LogP contribution in [0.5, 0.6) is 0 Å². The van der Waals surface area contributed by atoms with Gasteiger partial charge in [-0.05, 0) is 50.7 Å². The molecule has 2 aromatic rings. The van der Waals surface area contributed by atoms with Crippen molar-refractivity contribution in [3.05, 3.63) is 29.3 Å². The number of thiazole rings is 1. The normalized spacial score (nSPS) is 27.6. The van der Waals surface area contributed by atoms with Gasteiger partial charge in [0.05, 0.1) is 15.2 Å². The summed E-state index contributed by atoms with van der Waals surface area (Å²) in [5.41, 5.74) is 0.151. The summed E-state index contributed by atoms with van der Waals surface area (Å²) in [4.78, 5) is 45.7. The quantitative estimate of drug-likeness (QED) is 0.783. The summed E-state index contributed by atoms with van der Waals surface area (Å²) in [6.07, 6.45) is 3.78. The van der Waals surface area contributed by atoms with Crippen molar-refractivity contribution in [2.24, 2.45) is 5.92 Å². The molecule has 2 saturated heterocycles. The van der Waals surface area contributed by atoms with E-state index in [0.717, 1.165) is 45.8 Å². The first-order valence-electron chi connectivity index (χ1n) is 10.2. The summed E-state index contributed by atoms with van der Waals surface area (Å²) in [6, 6.07) is 7.62. The molecule has 0 radical (unpaired) electrons. The molecule has 0 bridgehead atoms. The van der Waals surface area contributed by atoms with Gasteiger partial charge in [0, 0.05) is 19.0 Å². The van der Waals surface area contributed by atoms with Gasteiger partial charge in [-0.1, -0.05) is 12.1 Å². The van der Waals surface area contributed by atoms with Gasteiger partial charge < -0.3 is 10.2 Å². The highest BCUT2D eigenvalue weighted by Gasteiger charge is 2.56. The summed E-state index contributed by atoms with van der Waals surface area (Å²) in [6.45, 7) is 2.84. The third kappa shape index (κ3) is 3.19. The van der Waals surface area contributed by atoms with E-state index in [1.165, 1.54) is 0 Å². The van der Waals surface area contributed by atoms with Crippen LogP contribution in [0.1, 0.15) is 43.5 Å². The van der Waals surface area contributed by atoms with E-state index in [9.17, 15) is 14.4 Å². The molecule has 2 aliphatic heterocycles. The van der Waals surface area contributed by atoms with Crippen LogP contribution in [-0.2, 0) is 9.59 Å². The van der Waals surface area contributed by atoms with Crippen molar-refractivity contribution < 1.29 is 14.4 Å². The summed E-state index contributed by atoms with van der Waals surface area (Å²) in [5, 5.41) is 3.86. The minimum Gasteiger partial charge on any atom is -0.340 e. The highest BCUT2D eigenvalue weighted by molar-refractivity contribution is 7.18. The molecule has 1 saturated carbocycles. The molecule has 1 aromatic carbocycles. The van der Waals surface area contributed by atoms with Gasteiger partial charge in [-0.2, -0.15) is 0 Å². The molecular weight excluding hydrogens is 388 g/mol. The Morgan fingerprint density at radius 3 is 2.83 bits per heavy atom. The summed E-state index contributed by atoms with van der Waals surface area (Å²) < 4.78 is 1.16. The van der Waals surface area contributed by atoms with Crippen molar-refractivity contribution >= 4 is 39.4 Å². The number of nitrogens with one attached hydrogen (secondary N) is 1. The minimum atomic E-state index is -0.844. The first-order valence-corrected chi connectivity index (χ1v) is 11.0. The molecule has 1 aromatic heterocycles. The van der Waals surface area contributed by atoms with Gasteiger partial charge in [-0.25, -0.2) is 9.78 Å². The lowest BCUT2D eigenvalue weighted by Gasteiger charge is -2.32. The zero-order valence-electron chi connectivity index (χ0n) is 16.4. The van der Waals surface area contributed by atoms with Gasteiger partial charge in [0.15, 0.2) is 0 Å². The summed E-state index contributed by atoms with van der Waals surface area (Å²) in [5.74, 6) is -0.0418. The summed E-state index contributed by atoms with van der Waals surface area (Å²) in [7, 11) is 0. The van der Waals surface area contributed by atoms with E-state index in [2.05, 4.69) is 11.4 Å². The second-order valence-electron chi connectivity index (χ2n) is 8.50. The number of aromatic nitrogens is 1. The van der Waals surface area contributed by atoms with Crippen LogP contribution in [0.4, 0.5) is 4.79 Å². The topological polar surface area (TPSA) is 82.6 Å². The third-order valence-electron chi connectivity index (χ3n) is 6.42. The number of nitrogens with zero attached hydrogens (tertiary/aromatic N) is 3. The number of carbonyl (C=O) groups excluding carboxylic acids is 3. The molecule has 7 nitrogen and oxygen atoms in total. The Balaban J connectivity index is 1.27. The smallest absolute Gasteiger partial charge is 0.325 e. The number of piperidine rings is 1. The van der Waals surface area contributed by atoms with Crippen molar-refractivity contribution in [2.75, 3.05) is 19.6 Å². The van der Waals surface area contributed by atoms with Gasteiger partial charge in [0.1, 0.15) is 12.1 Å². The SMILES string of the molecule is C[C@]1(C2CC2)NC(=O)N(CC(=O)N2CCC[C@@H](c3nc4ccccc4s3)C2)C1=O. The van der Waals surface area contributed by atoms with E-state index in [1.54, 1.807) is 23.2 Å². The van der Waals surface area contributed by atoms with E-state index in [-0.39, 0.29) is 30.2 Å². The first kappa shape index (κ1) is 18.5.